The number of hydrogen-bond acceptors (Lipinski definition) is 2. The molecule has 0 fully saturated rings. The van der Waals surface area contributed by atoms with E-state index in [1.165, 1.54) is 0 Å². The van der Waals surface area contributed by atoms with Gasteiger partial charge < -0.3 is 4.90 Å². The van der Waals surface area contributed by atoms with E-state index in [0.717, 1.165) is 34.9 Å². The van der Waals surface area contributed by atoms with Gasteiger partial charge in [0.15, 0.2) is 0 Å². The molecule has 0 spiro atoms. The molecule has 2 aromatic rings. The Bertz CT molecular complexity index is 803. The lowest BCUT2D eigenvalue weighted by atomic mass is 10.0. The van der Waals surface area contributed by atoms with Crippen LogP contribution in [0.5, 0.6) is 0 Å². The van der Waals surface area contributed by atoms with Crippen molar-refractivity contribution in [3.05, 3.63) is 32.7 Å². The summed E-state index contributed by atoms with van der Waals surface area (Å²) in [7, 11) is 3.47. The van der Waals surface area contributed by atoms with E-state index in [-0.39, 0.29) is 11.6 Å². The Kier molecular flexibility index (Phi) is 5.91. The zero-order valence-electron chi connectivity index (χ0n) is 15.1. The third-order valence-electron chi connectivity index (χ3n) is 4.89. The Hall–Kier alpha value is -1.56. The van der Waals surface area contributed by atoms with Gasteiger partial charge in [0.25, 0.3) is 5.91 Å². The normalized spacial score (nSPS) is 11.5. The van der Waals surface area contributed by atoms with Gasteiger partial charge in [-0.15, -0.1) is 0 Å². The summed E-state index contributed by atoms with van der Waals surface area (Å²) in [5, 5.41) is 0. The van der Waals surface area contributed by atoms with E-state index in [1.807, 2.05) is 24.0 Å². The number of hydrogen-bond donors (Lipinski definition) is 0. The van der Waals surface area contributed by atoms with Crippen LogP contribution in [0.3, 0.4) is 0 Å². The van der Waals surface area contributed by atoms with Gasteiger partial charge in [0.05, 0.1) is 16.6 Å². The van der Waals surface area contributed by atoms with Gasteiger partial charge in [0.1, 0.15) is 0 Å². The molecular weight excluding hydrogens is 370 g/mol. The van der Waals surface area contributed by atoms with Crippen molar-refractivity contribution in [2.75, 3.05) is 13.1 Å². The molecule has 0 saturated heterocycles. The zero-order chi connectivity index (χ0) is 18.0. The zero-order valence-corrected chi connectivity index (χ0v) is 16.7. The summed E-state index contributed by atoms with van der Waals surface area (Å²) >= 11 is 3.51. The highest BCUT2D eigenvalue weighted by Crippen LogP contribution is 2.25. The molecule has 0 aliphatic rings. The number of carbonyl (C=O) groups is 1. The molecule has 1 aromatic heterocycles. The molecule has 5 nitrogen and oxygen atoms in total. The van der Waals surface area contributed by atoms with Crippen molar-refractivity contribution in [2.45, 2.75) is 33.6 Å². The fourth-order valence-electron chi connectivity index (χ4n) is 3.07. The first-order chi connectivity index (χ1) is 11.3. The Morgan fingerprint density at radius 2 is 1.67 bits per heavy atom. The van der Waals surface area contributed by atoms with Gasteiger partial charge in [-0.2, -0.15) is 0 Å². The van der Waals surface area contributed by atoms with Crippen LogP contribution in [0, 0.1) is 5.92 Å². The predicted octanol–water partition coefficient (Wildman–Crippen LogP) is 3.54. The quantitative estimate of drug-likeness (QED) is 0.750. The summed E-state index contributed by atoms with van der Waals surface area (Å²) in [5.74, 6) is 0.520. The van der Waals surface area contributed by atoms with Gasteiger partial charge in [-0.05, 0) is 40.9 Å². The molecule has 24 heavy (non-hydrogen) atoms. The number of amides is 1. The second-order valence-electron chi connectivity index (χ2n) is 6.25. The van der Waals surface area contributed by atoms with E-state index in [2.05, 4.69) is 29.8 Å². The molecule has 0 atom stereocenters. The molecule has 6 heteroatoms. The monoisotopic (exact) mass is 395 g/mol. The molecule has 2 rings (SSSR count). The van der Waals surface area contributed by atoms with Crippen LogP contribution in [0.1, 0.15) is 44.0 Å². The van der Waals surface area contributed by atoms with Crippen molar-refractivity contribution in [1.82, 2.24) is 14.0 Å². The molecule has 0 aliphatic carbocycles. The van der Waals surface area contributed by atoms with Crippen LogP contribution in [-0.2, 0) is 14.1 Å². The average Bonchev–Trinajstić information content (AvgIpc) is 2.79. The number of nitrogens with zero attached hydrogens (tertiary/aromatic N) is 3. The minimum Gasteiger partial charge on any atom is -0.339 e. The van der Waals surface area contributed by atoms with Crippen LogP contribution in [-0.4, -0.2) is 33.0 Å². The van der Waals surface area contributed by atoms with Crippen LogP contribution in [0.25, 0.3) is 11.0 Å². The largest absolute Gasteiger partial charge is 0.339 e. The second kappa shape index (κ2) is 7.55. The van der Waals surface area contributed by atoms with Crippen LogP contribution in [0.4, 0.5) is 0 Å². The third kappa shape index (κ3) is 3.29. The minimum atomic E-state index is -0.0918. The minimum absolute atomic E-state index is 0.00878. The highest BCUT2D eigenvalue weighted by molar-refractivity contribution is 9.10. The SMILES string of the molecule is CCC(CC)CN(CC)C(=O)c1cc2c(cc1Br)n(C)c(=O)n2C. The lowest BCUT2D eigenvalue weighted by Gasteiger charge is -2.26. The number of benzene rings is 1. The maximum atomic E-state index is 13.0. The topological polar surface area (TPSA) is 47.2 Å². The van der Waals surface area contributed by atoms with Crippen molar-refractivity contribution in [3.63, 3.8) is 0 Å². The van der Waals surface area contributed by atoms with E-state index in [4.69, 9.17) is 0 Å². The number of imidazole rings is 1. The standard InChI is InChI=1S/C18H26BrN3O2/c1-6-12(7-2)11-22(8-3)17(23)13-9-15-16(10-14(13)19)21(5)18(24)20(15)4/h9-10,12H,6-8,11H2,1-5H3. The van der Waals surface area contributed by atoms with Crippen LogP contribution in [0.2, 0.25) is 0 Å². The maximum absolute atomic E-state index is 13.0. The van der Waals surface area contributed by atoms with E-state index in [9.17, 15) is 9.59 Å². The highest BCUT2D eigenvalue weighted by Gasteiger charge is 2.21. The summed E-state index contributed by atoms with van der Waals surface area (Å²) < 4.78 is 3.90. The summed E-state index contributed by atoms with van der Waals surface area (Å²) in [5.41, 5.74) is 2.10. The Morgan fingerprint density at radius 3 is 2.17 bits per heavy atom. The Labute approximate surface area is 151 Å². The average molecular weight is 396 g/mol. The number of fused-ring (bicyclic) bond motifs is 1. The van der Waals surface area contributed by atoms with Gasteiger partial charge in [0.2, 0.25) is 0 Å². The lowest BCUT2D eigenvalue weighted by molar-refractivity contribution is 0.0734. The van der Waals surface area contributed by atoms with Crippen molar-refractivity contribution >= 4 is 32.9 Å². The van der Waals surface area contributed by atoms with Crippen molar-refractivity contribution in [3.8, 4) is 0 Å². The molecule has 0 N–H and O–H groups in total. The van der Waals surface area contributed by atoms with Crippen molar-refractivity contribution < 1.29 is 4.79 Å². The molecule has 0 radical (unpaired) electrons. The summed E-state index contributed by atoms with van der Waals surface area (Å²) in [6, 6.07) is 3.67. The number of carbonyl (C=O) groups excluding carboxylic acids is 1. The molecule has 1 heterocycles. The number of rotatable bonds is 6. The fourth-order valence-corrected chi connectivity index (χ4v) is 3.57. The predicted molar refractivity (Wildman–Crippen MR) is 102 cm³/mol. The molecule has 1 aromatic carbocycles. The van der Waals surface area contributed by atoms with Gasteiger partial charge in [-0.3, -0.25) is 13.9 Å². The summed E-state index contributed by atoms with van der Waals surface area (Å²) in [6.45, 7) is 7.77. The summed E-state index contributed by atoms with van der Waals surface area (Å²) in [4.78, 5) is 27.0. The first-order valence-corrected chi connectivity index (χ1v) is 9.29. The van der Waals surface area contributed by atoms with Crippen molar-refractivity contribution in [2.24, 2.45) is 20.0 Å². The third-order valence-corrected chi connectivity index (χ3v) is 5.55. The fraction of sp³-hybridized carbons (Fsp3) is 0.556. The van der Waals surface area contributed by atoms with Gasteiger partial charge in [0, 0.05) is 31.7 Å². The second-order valence-corrected chi connectivity index (χ2v) is 7.10. The smallest absolute Gasteiger partial charge is 0.328 e. The lowest BCUT2D eigenvalue weighted by Crippen LogP contribution is -2.35. The van der Waals surface area contributed by atoms with E-state index in [0.29, 0.717) is 18.0 Å². The molecule has 132 valence electrons. The van der Waals surface area contributed by atoms with Gasteiger partial charge in [-0.25, -0.2) is 4.79 Å². The highest BCUT2D eigenvalue weighted by atomic mass is 79.9. The van der Waals surface area contributed by atoms with E-state index < -0.39 is 0 Å². The molecule has 0 unspecified atom stereocenters. The first kappa shape index (κ1) is 18.8. The number of halogens is 1. The molecular formula is C18H26BrN3O2. The van der Waals surface area contributed by atoms with Crippen molar-refractivity contribution in [1.29, 1.82) is 0 Å². The van der Waals surface area contributed by atoms with Gasteiger partial charge in [-0.1, -0.05) is 26.7 Å². The Morgan fingerprint density at radius 1 is 1.12 bits per heavy atom. The molecule has 1 amide bonds. The van der Waals surface area contributed by atoms with E-state index in [1.54, 1.807) is 23.2 Å². The molecule has 0 aliphatic heterocycles. The number of aromatic nitrogens is 2. The first-order valence-electron chi connectivity index (χ1n) is 8.49. The summed E-state index contributed by atoms with van der Waals surface area (Å²) in [6.07, 6.45) is 2.13. The Balaban J connectivity index is 2.46. The molecule has 0 saturated carbocycles. The van der Waals surface area contributed by atoms with Crippen LogP contribution in [0.15, 0.2) is 21.4 Å². The van der Waals surface area contributed by atoms with E-state index >= 15 is 0 Å². The molecule has 0 bridgehead atoms. The maximum Gasteiger partial charge on any atom is 0.328 e. The van der Waals surface area contributed by atoms with Crippen LogP contribution < -0.4 is 5.69 Å². The van der Waals surface area contributed by atoms with Gasteiger partial charge >= 0.3 is 5.69 Å². The van der Waals surface area contributed by atoms with Crippen LogP contribution >= 0.6 is 15.9 Å². The number of aryl methyl sites for hydroxylation is 2.